The van der Waals surface area contributed by atoms with E-state index < -0.39 is 10.0 Å². The fraction of sp³-hybridized carbons (Fsp3) is 0.0588. The third-order valence-corrected chi connectivity index (χ3v) is 5.45. The molecule has 1 aromatic heterocycles. The predicted molar refractivity (Wildman–Crippen MR) is 98.5 cm³/mol. The zero-order chi connectivity index (χ0) is 17.9. The molecule has 25 heavy (non-hydrogen) atoms. The summed E-state index contributed by atoms with van der Waals surface area (Å²) < 4.78 is 27.3. The van der Waals surface area contributed by atoms with Gasteiger partial charge in [0.15, 0.2) is 5.13 Å². The second-order valence-electron chi connectivity index (χ2n) is 5.29. The molecule has 0 aliphatic heterocycles. The van der Waals surface area contributed by atoms with E-state index in [4.69, 9.17) is 0 Å². The van der Waals surface area contributed by atoms with E-state index in [2.05, 4.69) is 15.0 Å². The lowest BCUT2D eigenvalue weighted by Gasteiger charge is -2.09. The molecular formula is C17H15N3O3S2. The van der Waals surface area contributed by atoms with Crippen LogP contribution in [0.2, 0.25) is 0 Å². The number of benzene rings is 2. The number of carbonyl (C=O) groups is 1. The van der Waals surface area contributed by atoms with Crippen LogP contribution < -0.4 is 10.0 Å². The van der Waals surface area contributed by atoms with E-state index in [0.717, 1.165) is 5.56 Å². The molecule has 2 N–H and O–H groups in total. The lowest BCUT2D eigenvalue weighted by atomic mass is 10.2. The van der Waals surface area contributed by atoms with E-state index in [1.807, 2.05) is 6.92 Å². The number of aryl methyl sites for hydroxylation is 1. The molecule has 0 aliphatic carbocycles. The van der Waals surface area contributed by atoms with E-state index in [1.165, 1.54) is 29.5 Å². The molecule has 0 spiro atoms. The summed E-state index contributed by atoms with van der Waals surface area (Å²) in [7, 11) is -3.71. The number of rotatable bonds is 5. The van der Waals surface area contributed by atoms with Crippen molar-refractivity contribution in [3.63, 3.8) is 0 Å². The Morgan fingerprint density at radius 2 is 1.88 bits per heavy atom. The van der Waals surface area contributed by atoms with Crippen molar-refractivity contribution in [2.75, 3.05) is 10.0 Å². The van der Waals surface area contributed by atoms with E-state index in [0.29, 0.717) is 16.4 Å². The van der Waals surface area contributed by atoms with Gasteiger partial charge in [0.1, 0.15) is 0 Å². The highest BCUT2D eigenvalue weighted by molar-refractivity contribution is 7.92. The van der Waals surface area contributed by atoms with Gasteiger partial charge in [0.05, 0.1) is 4.90 Å². The van der Waals surface area contributed by atoms with Crippen molar-refractivity contribution in [3.05, 3.63) is 71.2 Å². The van der Waals surface area contributed by atoms with Crippen molar-refractivity contribution in [3.8, 4) is 0 Å². The minimum absolute atomic E-state index is 0.163. The maximum absolute atomic E-state index is 12.4. The summed E-state index contributed by atoms with van der Waals surface area (Å²) in [5.74, 6) is -0.355. The Balaban J connectivity index is 1.79. The van der Waals surface area contributed by atoms with Gasteiger partial charge in [-0.2, -0.15) is 0 Å². The Morgan fingerprint density at radius 3 is 2.56 bits per heavy atom. The van der Waals surface area contributed by atoms with Crippen LogP contribution in [0.25, 0.3) is 0 Å². The summed E-state index contributed by atoms with van der Waals surface area (Å²) in [5, 5.41) is 4.89. The summed E-state index contributed by atoms with van der Waals surface area (Å²) in [6, 6.07) is 12.8. The minimum atomic E-state index is -3.71. The van der Waals surface area contributed by atoms with Gasteiger partial charge in [-0.15, -0.1) is 11.3 Å². The van der Waals surface area contributed by atoms with Crippen molar-refractivity contribution < 1.29 is 13.2 Å². The van der Waals surface area contributed by atoms with Gasteiger partial charge in [-0.1, -0.05) is 23.8 Å². The zero-order valence-electron chi connectivity index (χ0n) is 13.3. The number of sulfonamides is 1. The van der Waals surface area contributed by atoms with E-state index in [9.17, 15) is 13.2 Å². The van der Waals surface area contributed by atoms with Gasteiger partial charge >= 0.3 is 0 Å². The standard InChI is InChI=1S/C17H15N3O3S2/c1-12-5-7-15(8-6-12)25(22,23)20-14-4-2-3-13(11-14)16(21)19-17-18-9-10-24-17/h2-11,20H,1H3,(H,18,19,21). The second-order valence-corrected chi connectivity index (χ2v) is 7.87. The number of anilines is 2. The monoisotopic (exact) mass is 373 g/mol. The van der Waals surface area contributed by atoms with Crippen LogP contribution in [0.3, 0.4) is 0 Å². The number of hydrogen-bond acceptors (Lipinski definition) is 5. The maximum Gasteiger partial charge on any atom is 0.261 e. The lowest BCUT2D eigenvalue weighted by molar-refractivity contribution is 0.102. The van der Waals surface area contributed by atoms with Crippen LogP contribution in [0.5, 0.6) is 0 Å². The zero-order valence-corrected chi connectivity index (χ0v) is 14.9. The maximum atomic E-state index is 12.4. The molecule has 6 nitrogen and oxygen atoms in total. The van der Waals surface area contributed by atoms with Crippen molar-refractivity contribution in [2.45, 2.75) is 11.8 Å². The summed E-state index contributed by atoms with van der Waals surface area (Å²) >= 11 is 1.30. The van der Waals surface area contributed by atoms with Crippen LogP contribution >= 0.6 is 11.3 Å². The first-order valence-corrected chi connectivity index (χ1v) is 9.71. The Kier molecular flexibility index (Phi) is 4.82. The van der Waals surface area contributed by atoms with E-state index >= 15 is 0 Å². The second kappa shape index (κ2) is 7.04. The average Bonchev–Trinajstić information content (AvgIpc) is 3.08. The fourth-order valence-corrected chi connectivity index (χ4v) is 3.68. The molecule has 0 radical (unpaired) electrons. The first-order valence-electron chi connectivity index (χ1n) is 7.34. The van der Waals surface area contributed by atoms with Crippen molar-refractivity contribution >= 4 is 38.1 Å². The third-order valence-electron chi connectivity index (χ3n) is 3.36. The molecule has 0 atom stereocenters. The quantitative estimate of drug-likeness (QED) is 0.716. The topological polar surface area (TPSA) is 88.2 Å². The van der Waals surface area contributed by atoms with E-state index in [-0.39, 0.29) is 10.8 Å². The Morgan fingerprint density at radius 1 is 1.12 bits per heavy atom. The van der Waals surface area contributed by atoms with Crippen molar-refractivity contribution in [1.29, 1.82) is 0 Å². The predicted octanol–water partition coefficient (Wildman–Crippen LogP) is 3.50. The van der Waals surface area contributed by atoms with Gasteiger partial charge in [0.25, 0.3) is 15.9 Å². The number of nitrogens with zero attached hydrogens (tertiary/aromatic N) is 1. The van der Waals surface area contributed by atoms with Crippen molar-refractivity contribution in [1.82, 2.24) is 4.98 Å². The molecule has 0 bridgehead atoms. The molecular weight excluding hydrogens is 358 g/mol. The van der Waals surface area contributed by atoms with Crippen LogP contribution in [-0.4, -0.2) is 19.3 Å². The summed E-state index contributed by atoms with van der Waals surface area (Å²) in [5.41, 5.74) is 1.62. The summed E-state index contributed by atoms with van der Waals surface area (Å²) in [6.45, 7) is 1.88. The molecule has 3 aromatic rings. The highest BCUT2D eigenvalue weighted by Gasteiger charge is 2.15. The Hall–Kier alpha value is -2.71. The smallest absolute Gasteiger partial charge is 0.261 e. The molecule has 0 saturated heterocycles. The fourth-order valence-electron chi connectivity index (χ4n) is 2.11. The van der Waals surface area contributed by atoms with Crippen LogP contribution in [0.1, 0.15) is 15.9 Å². The molecule has 1 heterocycles. The highest BCUT2D eigenvalue weighted by Crippen LogP contribution is 2.19. The molecule has 0 aliphatic rings. The Bertz CT molecular complexity index is 982. The Labute approximate surface area is 149 Å². The SMILES string of the molecule is Cc1ccc(S(=O)(=O)Nc2cccc(C(=O)Nc3nccs3)c2)cc1. The van der Waals surface area contributed by atoms with Gasteiger partial charge < -0.3 is 0 Å². The molecule has 0 saturated carbocycles. The number of nitrogens with one attached hydrogen (secondary N) is 2. The largest absolute Gasteiger partial charge is 0.298 e. The number of amides is 1. The average molecular weight is 373 g/mol. The van der Waals surface area contributed by atoms with Crippen LogP contribution in [0.15, 0.2) is 65.0 Å². The molecule has 0 fully saturated rings. The van der Waals surface area contributed by atoms with Crippen molar-refractivity contribution in [2.24, 2.45) is 0 Å². The number of aromatic nitrogens is 1. The number of thiazole rings is 1. The molecule has 2 aromatic carbocycles. The van der Waals surface area contributed by atoms with Gasteiger partial charge in [0.2, 0.25) is 0 Å². The molecule has 0 unspecified atom stereocenters. The summed E-state index contributed by atoms with van der Waals surface area (Å²) in [6.07, 6.45) is 1.59. The number of hydrogen-bond donors (Lipinski definition) is 2. The first kappa shape index (κ1) is 17.1. The van der Waals surface area contributed by atoms with Crippen LogP contribution in [0, 0.1) is 6.92 Å². The number of carbonyl (C=O) groups excluding carboxylic acids is 1. The molecule has 3 rings (SSSR count). The van der Waals surface area contributed by atoms with Crippen LogP contribution in [0.4, 0.5) is 10.8 Å². The van der Waals surface area contributed by atoms with E-state index in [1.54, 1.807) is 41.9 Å². The molecule has 8 heteroatoms. The van der Waals surface area contributed by atoms with Gasteiger partial charge in [-0.05, 0) is 37.3 Å². The van der Waals surface area contributed by atoms with Gasteiger partial charge in [0, 0.05) is 22.8 Å². The van der Waals surface area contributed by atoms with Gasteiger partial charge in [-0.3, -0.25) is 14.8 Å². The van der Waals surface area contributed by atoms with Gasteiger partial charge in [-0.25, -0.2) is 13.4 Å². The lowest BCUT2D eigenvalue weighted by Crippen LogP contribution is -2.15. The normalized spacial score (nSPS) is 11.1. The first-order chi connectivity index (χ1) is 11.9. The minimum Gasteiger partial charge on any atom is -0.298 e. The molecule has 1 amide bonds. The van der Waals surface area contributed by atoms with Crippen LogP contribution in [-0.2, 0) is 10.0 Å². The highest BCUT2D eigenvalue weighted by atomic mass is 32.2. The third kappa shape index (κ3) is 4.23. The molecule has 128 valence electrons. The summed E-state index contributed by atoms with van der Waals surface area (Å²) in [4.78, 5) is 16.4.